The number of nitrogens with zero attached hydrogens (tertiary/aromatic N) is 1. The van der Waals surface area contributed by atoms with Crippen molar-refractivity contribution in [2.45, 2.75) is 25.3 Å². The Morgan fingerprint density at radius 2 is 1.86 bits per heavy atom. The van der Waals surface area contributed by atoms with Crippen molar-refractivity contribution in [3.8, 4) is 5.75 Å². The van der Waals surface area contributed by atoms with Crippen LogP contribution in [0.15, 0.2) is 65.1 Å². The third-order valence-corrected chi connectivity index (χ3v) is 6.66. The normalized spacial score (nSPS) is 13.3. The van der Waals surface area contributed by atoms with Gasteiger partial charge in [0.25, 0.3) is 0 Å². The summed E-state index contributed by atoms with van der Waals surface area (Å²) in [6.45, 7) is 1.36. The highest BCUT2D eigenvalue weighted by Gasteiger charge is 2.27. The number of ether oxygens (including phenoxy) is 1. The number of nitrogens with one attached hydrogen (secondary N) is 2. The molecule has 4 aromatic rings. The predicted molar refractivity (Wildman–Crippen MR) is 141 cm³/mol. The number of fused-ring (bicyclic) bond motifs is 3. The van der Waals surface area contributed by atoms with Crippen molar-refractivity contribution in [2.75, 3.05) is 24.6 Å². The van der Waals surface area contributed by atoms with E-state index in [9.17, 15) is 23.3 Å². The Balaban J connectivity index is 1.77. The van der Waals surface area contributed by atoms with Gasteiger partial charge in [-0.05, 0) is 42.3 Å². The average molecular weight is 526 g/mol. The molecule has 0 fully saturated rings. The number of furan rings is 1. The fourth-order valence-electron chi connectivity index (χ4n) is 4.46. The Kier molecular flexibility index (Phi) is 7.35. The third kappa shape index (κ3) is 6.00. The fourth-order valence-corrected chi connectivity index (χ4v) is 5.02. The van der Waals surface area contributed by atoms with Gasteiger partial charge in [-0.2, -0.15) is 0 Å². The van der Waals surface area contributed by atoms with Gasteiger partial charge in [0.1, 0.15) is 5.58 Å². The quantitative estimate of drug-likeness (QED) is 0.228. The number of anilines is 1. The van der Waals surface area contributed by atoms with E-state index in [0.29, 0.717) is 38.9 Å². The molecule has 3 aromatic carbocycles. The van der Waals surface area contributed by atoms with Crippen LogP contribution < -0.4 is 14.8 Å². The molecule has 0 bridgehead atoms. The molecule has 0 saturated carbocycles. The lowest BCUT2D eigenvalue weighted by Crippen LogP contribution is -2.29. The van der Waals surface area contributed by atoms with E-state index in [1.54, 1.807) is 30.3 Å². The summed E-state index contributed by atoms with van der Waals surface area (Å²) in [5, 5.41) is 15.6. The maximum absolute atomic E-state index is 13.0. The minimum absolute atomic E-state index is 0.131. The predicted octanol–water partition coefficient (Wildman–Crippen LogP) is 4.59. The van der Waals surface area contributed by atoms with Crippen LogP contribution in [-0.4, -0.2) is 39.2 Å². The lowest BCUT2D eigenvalue weighted by atomic mass is 9.90. The van der Waals surface area contributed by atoms with E-state index in [-0.39, 0.29) is 18.4 Å². The number of carbonyl (C=O) groups is 1. The van der Waals surface area contributed by atoms with Crippen molar-refractivity contribution in [2.24, 2.45) is 0 Å². The summed E-state index contributed by atoms with van der Waals surface area (Å²) in [4.78, 5) is 24.2. The van der Waals surface area contributed by atoms with E-state index in [1.165, 1.54) is 7.11 Å². The fraction of sp³-hybridized carbons (Fsp3) is 0.269. The van der Waals surface area contributed by atoms with Crippen molar-refractivity contribution in [1.29, 1.82) is 0 Å². The first-order valence-electron chi connectivity index (χ1n) is 11.5. The molecule has 11 heteroatoms. The van der Waals surface area contributed by atoms with Crippen LogP contribution in [0.2, 0.25) is 0 Å². The molecule has 0 spiro atoms. The molecule has 37 heavy (non-hydrogen) atoms. The molecule has 1 amide bonds. The number of hydrogen-bond acceptors (Lipinski definition) is 7. The van der Waals surface area contributed by atoms with Gasteiger partial charge in [0.05, 0.1) is 25.3 Å². The average Bonchev–Trinajstić information content (AvgIpc) is 3.21. The molecular formula is C26H27N3O7S. The van der Waals surface area contributed by atoms with Crippen LogP contribution in [0.3, 0.4) is 0 Å². The first kappa shape index (κ1) is 26.0. The molecule has 0 saturated heterocycles. The van der Waals surface area contributed by atoms with E-state index in [4.69, 9.17) is 9.15 Å². The van der Waals surface area contributed by atoms with Crippen molar-refractivity contribution < 1.29 is 27.3 Å². The summed E-state index contributed by atoms with van der Waals surface area (Å²) in [6, 6.07) is 17.3. The topological polar surface area (TPSA) is 141 Å². The number of methoxy groups -OCH3 is 1. The van der Waals surface area contributed by atoms with Gasteiger partial charge in [0.15, 0.2) is 11.3 Å². The molecule has 1 unspecified atom stereocenters. The summed E-state index contributed by atoms with van der Waals surface area (Å²) in [5.41, 5.74) is 2.57. The van der Waals surface area contributed by atoms with Crippen LogP contribution in [0.25, 0.3) is 21.9 Å². The van der Waals surface area contributed by atoms with E-state index < -0.39 is 27.4 Å². The molecule has 0 aliphatic carbocycles. The first-order valence-corrected chi connectivity index (χ1v) is 13.4. The monoisotopic (exact) mass is 525 g/mol. The molecule has 2 N–H and O–H groups in total. The largest absolute Gasteiger partial charge is 0.493 e. The zero-order chi connectivity index (χ0) is 26.7. The minimum Gasteiger partial charge on any atom is -0.493 e. The molecular weight excluding hydrogens is 498 g/mol. The van der Waals surface area contributed by atoms with Crippen molar-refractivity contribution in [3.63, 3.8) is 0 Å². The maximum atomic E-state index is 13.0. The van der Waals surface area contributed by atoms with Crippen LogP contribution in [0.4, 0.5) is 5.69 Å². The van der Waals surface area contributed by atoms with Crippen molar-refractivity contribution >= 4 is 43.6 Å². The second kappa shape index (κ2) is 10.5. The molecule has 1 aromatic heterocycles. The second-order valence-corrected chi connectivity index (χ2v) is 10.6. The summed E-state index contributed by atoms with van der Waals surface area (Å²) in [7, 11) is -2.06. The van der Waals surface area contributed by atoms with Crippen molar-refractivity contribution in [3.05, 3.63) is 81.9 Å². The van der Waals surface area contributed by atoms with E-state index in [0.717, 1.165) is 11.8 Å². The highest BCUT2D eigenvalue weighted by Crippen LogP contribution is 2.41. The zero-order valence-electron chi connectivity index (χ0n) is 20.6. The number of sulfonamides is 1. The lowest BCUT2D eigenvalue weighted by molar-refractivity contribution is -0.483. The van der Waals surface area contributed by atoms with Gasteiger partial charge >= 0.3 is 0 Å². The summed E-state index contributed by atoms with van der Waals surface area (Å²) < 4.78 is 37.4. The molecule has 2 atom stereocenters. The number of nitro groups is 1. The van der Waals surface area contributed by atoms with Crippen LogP contribution in [0.5, 0.6) is 5.75 Å². The highest BCUT2D eigenvalue weighted by atomic mass is 32.2. The maximum Gasteiger partial charge on any atom is 0.229 e. The van der Waals surface area contributed by atoms with E-state index >= 15 is 0 Å². The molecule has 1 heterocycles. The summed E-state index contributed by atoms with van der Waals surface area (Å²) in [6.07, 6.45) is 0.912. The molecule has 194 valence electrons. The lowest BCUT2D eigenvalue weighted by Gasteiger charge is -2.18. The minimum atomic E-state index is -3.54. The van der Waals surface area contributed by atoms with Gasteiger partial charge in [0.2, 0.25) is 22.5 Å². The van der Waals surface area contributed by atoms with Gasteiger partial charge in [-0.1, -0.05) is 36.4 Å². The number of carbonyl (C=O) groups excluding carboxylic acids is 1. The van der Waals surface area contributed by atoms with E-state index in [2.05, 4.69) is 10.0 Å². The smallest absolute Gasteiger partial charge is 0.229 e. The van der Waals surface area contributed by atoms with Crippen LogP contribution >= 0.6 is 0 Å². The number of hydrogen-bond donors (Lipinski definition) is 2. The Morgan fingerprint density at radius 3 is 2.51 bits per heavy atom. The third-order valence-electron chi connectivity index (χ3n) is 6.06. The Morgan fingerprint density at radius 1 is 1.14 bits per heavy atom. The Bertz CT molecular complexity index is 1570. The van der Waals surface area contributed by atoms with Gasteiger partial charge < -0.3 is 14.5 Å². The Hall–Kier alpha value is -4.12. The number of rotatable bonds is 10. The van der Waals surface area contributed by atoms with Gasteiger partial charge in [0, 0.05) is 27.8 Å². The summed E-state index contributed by atoms with van der Waals surface area (Å²) >= 11 is 0. The zero-order valence-corrected chi connectivity index (χ0v) is 21.4. The SMILES string of the molecule is COc1ccc(C(CC(=O)N[C@H](C)c2ccccc2)C[N+](=O)[O-])c2c1oc1ccc(NS(C)(=O)=O)cc12. The molecule has 10 nitrogen and oxygen atoms in total. The molecule has 0 aliphatic heterocycles. The number of benzene rings is 3. The standard InChI is InChI=1S/C26H27N3O7S/c1-16(17-7-5-4-6-8-17)27-24(30)13-18(15-29(31)32)20-10-12-23(35-2)26-25(20)21-14-19(28-37(3,33)34)9-11-22(21)36-26/h4-12,14,16,18,28H,13,15H2,1-3H3,(H,27,30)/t16-,18?/m1/s1. The van der Waals surface area contributed by atoms with Gasteiger partial charge in [-0.3, -0.25) is 19.6 Å². The Labute approximate surface area is 213 Å². The molecule has 0 radical (unpaired) electrons. The second-order valence-electron chi connectivity index (χ2n) is 8.86. The van der Waals surface area contributed by atoms with Crippen LogP contribution in [0, 0.1) is 10.1 Å². The highest BCUT2D eigenvalue weighted by molar-refractivity contribution is 7.92. The van der Waals surface area contributed by atoms with Gasteiger partial charge in [-0.25, -0.2) is 8.42 Å². The summed E-state index contributed by atoms with van der Waals surface area (Å²) in [5.74, 6) is -0.701. The van der Waals surface area contributed by atoms with Crippen LogP contribution in [0.1, 0.15) is 36.4 Å². The van der Waals surface area contributed by atoms with Crippen LogP contribution in [-0.2, 0) is 14.8 Å². The molecule has 4 rings (SSSR count). The van der Waals surface area contributed by atoms with Crippen molar-refractivity contribution in [1.82, 2.24) is 5.32 Å². The molecule has 0 aliphatic rings. The van der Waals surface area contributed by atoms with Gasteiger partial charge in [-0.15, -0.1) is 0 Å². The first-order chi connectivity index (χ1) is 17.6. The van der Waals surface area contributed by atoms with E-state index in [1.807, 2.05) is 37.3 Å². The number of amides is 1.